The molecule has 0 aliphatic rings. The van der Waals surface area contributed by atoms with Gasteiger partial charge in [-0.1, -0.05) is 107 Å². The lowest BCUT2D eigenvalue weighted by Crippen LogP contribution is -2.21. The predicted octanol–water partition coefficient (Wildman–Crippen LogP) is 6.68. The topological polar surface area (TPSA) is 20.2 Å². The van der Waals surface area contributed by atoms with E-state index in [-0.39, 0.29) is 10.8 Å². The molecule has 0 aliphatic carbocycles. The first-order valence-corrected chi connectivity index (χ1v) is 9.16. The van der Waals surface area contributed by atoms with Crippen molar-refractivity contribution in [1.82, 2.24) is 0 Å². The molecule has 0 heterocycles. The number of hydrogen-bond donors (Lipinski definition) is 1. The molecule has 2 rings (SSSR count). The van der Waals surface area contributed by atoms with Crippen molar-refractivity contribution >= 4 is 0 Å². The predicted molar refractivity (Wildman–Crippen MR) is 113 cm³/mol. The lowest BCUT2D eigenvalue weighted by atomic mass is 9.75. The summed E-state index contributed by atoms with van der Waals surface area (Å²) in [6.45, 7) is 10.7. The average molecular weight is 347 g/mol. The monoisotopic (exact) mass is 346 g/mol. The van der Waals surface area contributed by atoms with Crippen molar-refractivity contribution < 1.29 is 5.11 Å². The van der Waals surface area contributed by atoms with Crippen LogP contribution < -0.4 is 0 Å². The van der Waals surface area contributed by atoms with Crippen molar-refractivity contribution in [2.24, 2.45) is 0 Å². The highest BCUT2D eigenvalue weighted by molar-refractivity contribution is 5.49. The second-order valence-corrected chi connectivity index (χ2v) is 7.71. The highest BCUT2D eigenvalue weighted by Gasteiger charge is 2.28. The third-order valence-electron chi connectivity index (χ3n) is 4.95. The van der Waals surface area contributed by atoms with E-state index in [1.54, 1.807) is 0 Å². The number of phenolic OH excluding ortho intramolecular Hbond substituents is 1. The normalized spacial score (nSPS) is 13.3. The number of rotatable bonds is 6. The van der Waals surface area contributed by atoms with Gasteiger partial charge in [0.15, 0.2) is 0 Å². The van der Waals surface area contributed by atoms with Gasteiger partial charge in [0.1, 0.15) is 5.75 Å². The summed E-state index contributed by atoms with van der Waals surface area (Å²) in [5, 5.41) is 10.5. The first kappa shape index (κ1) is 19.8. The molecule has 0 aliphatic heterocycles. The molecule has 1 N–H and O–H groups in total. The van der Waals surface area contributed by atoms with Gasteiger partial charge in [0.25, 0.3) is 0 Å². The van der Waals surface area contributed by atoms with Gasteiger partial charge in [0.2, 0.25) is 0 Å². The average Bonchev–Trinajstić information content (AvgIpc) is 2.62. The third kappa shape index (κ3) is 4.54. The summed E-state index contributed by atoms with van der Waals surface area (Å²) in [6, 6.07) is 16.3. The molecule has 0 unspecified atom stereocenters. The van der Waals surface area contributed by atoms with E-state index in [4.69, 9.17) is 0 Å². The van der Waals surface area contributed by atoms with Crippen molar-refractivity contribution in [3.05, 3.63) is 102 Å². The Labute approximate surface area is 158 Å². The van der Waals surface area contributed by atoms with Gasteiger partial charge in [0.05, 0.1) is 0 Å². The molecule has 1 heteroatoms. The summed E-state index contributed by atoms with van der Waals surface area (Å²) in [6.07, 6.45) is 12.4. The largest absolute Gasteiger partial charge is 0.508 e. The second-order valence-electron chi connectivity index (χ2n) is 7.71. The van der Waals surface area contributed by atoms with Crippen molar-refractivity contribution in [3.63, 3.8) is 0 Å². The van der Waals surface area contributed by atoms with Gasteiger partial charge in [-0.05, 0) is 24.1 Å². The SMILES string of the molecule is C\C=C/C=C\C=C\C(C)(C)c1ccc(O)c(C(C)(C)c2ccccc2)c1. The Bertz CT molecular complexity index is 805. The van der Waals surface area contributed by atoms with E-state index in [0.29, 0.717) is 5.75 Å². The lowest BCUT2D eigenvalue weighted by Gasteiger charge is -2.29. The number of benzene rings is 2. The van der Waals surface area contributed by atoms with Crippen LogP contribution in [-0.4, -0.2) is 5.11 Å². The summed E-state index contributed by atoms with van der Waals surface area (Å²) in [5.74, 6) is 0.343. The Morgan fingerprint density at radius 3 is 2.08 bits per heavy atom. The van der Waals surface area contributed by atoms with Crippen LogP contribution in [0.5, 0.6) is 5.75 Å². The smallest absolute Gasteiger partial charge is 0.119 e. The maximum atomic E-state index is 10.5. The first-order valence-electron chi connectivity index (χ1n) is 9.16. The Morgan fingerprint density at radius 2 is 1.42 bits per heavy atom. The van der Waals surface area contributed by atoms with Crippen LogP contribution in [0, 0.1) is 0 Å². The lowest BCUT2D eigenvalue weighted by molar-refractivity contribution is 0.452. The molecule has 2 aromatic rings. The van der Waals surface area contributed by atoms with E-state index in [1.165, 1.54) is 11.1 Å². The van der Waals surface area contributed by atoms with Gasteiger partial charge in [-0.3, -0.25) is 0 Å². The molecule has 0 saturated heterocycles. The van der Waals surface area contributed by atoms with Crippen molar-refractivity contribution in [1.29, 1.82) is 0 Å². The second kappa shape index (κ2) is 8.23. The van der Waals surface area contributed by atoms with E-state index in [9.17, 15) is 5.11 Å². The van der Waals surface area contributed by atoms with Gasteiger partial charge < -0.3 is 5.11 Å². The highest BCUT2D eigenvalue weighted by atomic mass is 16.3. The fourth-order valence-electron chi connectivity index (χ4n) is 3.08. The van der Waals surface area contributed by atoms with Crippen molar-refractivity contribution in [3.8, 4) is 5.75 Å². The summed E-state index contributed by atoms with van der Waals surface area (Å²) in [4.78, 5) is 0. The summed E-state index contributed by atoms with van der Waals surface area (Å²) < 4.78 is 0. The van der Waals surface area contributed by atoms with Crippen LogP contribution in [0.1, 0.15) is 51.3 Å². The number of allylic oxidation sites excluding steroid dienone is 6. The van der Waals surface area contributed by atoms with Gasteiger partial charge in [-0.2, -0.15) is 0 Å². The fraction of sp³-hybridized carbons (Fsp3) is 0.280. The van der Waals surface area contributed by atoms with Crippen molar-refractivity contribution in [2.75, 3.05) is 0 Å². The van der Waals surface area contributed by atoms with Gasteiger partial charge >= 0.3 is 0 Å². The minimum Gasteiger partial charge on any atom is -0.508 e. The summed E-state index contributed by atoms with van der Waals surface area (Å²) >= 11 is 0. The van der Waals surface area contributed by atoms with Crippen molar-refractivity contribution in [2.45, 2.75) is 45.4 Å². The molecule has 26 heavy (non-hydrogen) atoms. The molecule has 136 valence electrons. The zero-order chi connectivity index (χ0) is 19.2. The third-order valence-corrected chi connectivity index (χ3v) is 4.95. The molecular weight excluding hydrogens is 316 g/mol. The number of phenols is 1. The minimum atomic E-state index is -0.271. The van der Waals surface area contributed by atoms with Crippen LogP contribution in [0.25, 0.3) is 0 Å². The molecule has 1 nitrogen and oxygen atoms in total. The molecule has 0 radical (unpaired) electrons. The minimum absolute atomic E-state index is 0.129. The molecule has 0 amide bonds. The maximum Gasteiger partial charge on any atom is 0.119 e. The van der Waals surface area contributed by atoms with Crippen LogP contribution in [0.15, 0.2) is 85.0 Å². The molecule has 0 aromatic heterocycles. The van der Waals surface area contributed by atoms with Crippen LogP contribution >= 0.6 is 0 Å². The maximum absolute atomic E-state index is 10.5. The fourth-order valence-corrected chi connectivity index (χ4v) is 3.08. The van der Waals surface area contributed by atoms with Gasteiger partial charge in [-0.25, -0.2) is 0 Å². The summed E-state index contributed by atoms with van der Waals surface area (Å²) in [7, 11) is 0. The Hall–Kier alpha value is -2.54. The molecule has 0 spiro atoms. The van der Waals surface area contributed by atoms with E-state index in [2.05, 4.69) is 58.0 Å². The summed E-state index contributed by atoms with van der Waals surface area (Å²) in [5.41, 5.74) is 2.93. The zero-order valence-electron chi connectivity index (χ0n) is 16.5. The molecule has 0 atom stereocenters. The number of aromatic hydroxyl groups is 1. The molecule has 0 bridgehead atoms. The van der Waals surface area contributed by atoms with E-state index in [1.807, 2.05) is 61.6 Å². The van der Waals surface area contributed by atoms with Crippen LogP contribution in [0.4, 0.5) is 0 Å². The zero-order valence-corrected chi connectivity index (χ0v) is 16.5. The van der Waals surface area contributed by atoms with Gasteiger partial charge in [0, 0.05) is 16.4 Å². The molecule has 0 fully saturated rings. The van der Waals surface area contributed by atoms with Crippen LogP contribution in [-0.2, 0) is 10.8 Å². The Kier molecular flexibility index (Phi) is 6.26. The number of hydrogen-bond acceptors (Lipinski definition) is 1. The van der Waals surface area contributed by atoms with Crippen LogP contribution in [0.3, 0.4) is 0 Å². The van der Waals surface area contributed by atoms with E-state index < -0.39 is 0 Å². The quantitative estimate of drug-likeness (QED) is 0.578. The Morgan fingerprint density at radius 1 is 0.769 bits per heavy atom. The molecule has 2 aromatic carbocycles. The standard InChI is InChI=1S/C25H30O/c1-6-7-8-9-13-18-24(2,3)21-16-17-23(26)22(19-21)25(4,5)20-14-11-10-12-15-20/h6-19,26H,1-5H3/b7-6-,9-8-,18-13+. The van der Waals surface area contributed by atoms with E-state index in [0.717, 1.165) is 5.56 Å². The molecule has 0 saturated carbocycles. The Balaban J connectivity index is 2.40. The molecular formula is C25H30O. The van der Waals surface area contributed by atoms with Gasteiger partial charge in [-0.15, -0.1) is 0 Å². The highest BCUT2D eigenvalue weighted by Crippen LogP contribution is 2.39. The van der Waals surface area contributed by atoms with E-state index >= 15 is 0 Å². The first-order chi connectivity index (χ1) is 12.3. The van der Waals surface area contributed by atoms with Crippen LogP contribution in [0.2, 0.25) is 0 Å².